The van der Waals surface area contributed by atoms with Gasteiger partial charge in [-0.05, 0) is 56.3 Å². The highest BCUT2D eigenvalue weighted by Crippen LogP contribution is 2.57. The molecule has 0 amide bonds. The smallest absolute Gasteiger partial charge is 0.0486 e. The molecule has 0 heterocycles. The molecule has 0 saturated heterocycles. The Hall–Kier alpha value is 0.290. The van der Waals surface area contributed by atoms with Gasteiger partial charge in [-0.3, -0.25) is 0 Å². The van der Waals surface area contributed by atoms with Crippen LogP contribution in [-0.2, 0) is 0 Å². The zero-order chi connectivity index (χ0) is 7.47. The molecule has 2 atom stereocenters. The Morgan fingerprint density at radius 3 is 2.18 bits per heavy atom. The lowest BCUT2D eigenvalue weighted by Gasteiger charge is -2.53. The molecule has 0 nitrogen and oxygen atoms in total. The molecule has 4 aliphatic carbocycles. The van der Waals surface area contributed by atoms with Crippen LogP contribution < -0.4 is 0 Å². The average molecular weight is 170 g/mol. The molecule has 4 aliphatic rings. The summed E-state index contributed by atoms with van der Waals surface area (Å²) < 4.78 is 0. The first-order valence-electron chi connectivity index (χ1n) is 4.78. The summed E-state index contributed by atoms with van der Waals surface area (Å²) >= 11 is 6.48. The van der Waals surface area contributed by atoms with Gasteiger partial charge in [0.1, 0.15) is 0 Å². The minimum atomic E-state index is 0.148. The van der Waals surface area contributed by atoms with Gasteiger partial charge >= 0.3 is 0 Å². The maximum absolute atomic E-state index is 6.48. The molecular weight excluding hydrogens is 156 g/mol. The fraction of sp³-hybridized carbons (Fsp3) is 0.900. The largest absolute Gasteiger partial charge is 0.119 e. The van der Waals surface area contributed by atoms with E-state index in [1.54, 1.807) is 0 Å². The standard InChI is InChI=1S/C10H14Cl/c11-10-4-7-1-8(5-10)3-9(2-7)6-10/h4,7-9H,1-3,5-6H2. The number of alkyl halides is 1. The van der Waals surface area contributed by atoms with Gasteiger partial charge in [0.25, 0.3) is 0 Å². The second kappa shape index (κ2) is 1.96. The lowest BCUT2D eigenvalue weighted by molar-refractivity contribution is 0.0783. The summed E-state index contributed by atoms with van der Waals surface area (Å²) in [6.07, 6.45) is 9.39. The van der Waals surface area contributed by atoms with E-state index in [9.17, 15) is 0 Å². The molecule has 4 rings (SSSR count). The van der Waals surface area contributed by atoms with Crippen molar-refractivity contribution in [2.45, 2.75) is 37.0 Å². The molecular formula is C10H14Cl. The third-order valence-electron chi connectivity index (χ3n) is 3.73. The van der Waals surface area contributed by atoms with E-state index >= 15 is 0 Å². The zero-order valence-electron chi connectivity index (χ0n) is 6.72. The second-order valence-corrected chi connectivity index (χ2v) is 5.56. The first kappa shape index (κ1) is 6.77. The number of hydrogen-bond donors (Lipinski definition) is 0. The number of halogens is 1. The second-order valence-electron chi connectivity index (χ2n) is 4.81. The molecule has 2 unspecified atom stereocenters. The molecule has 4 saturated carbocycles. The summed E-state index contributed by atoms with van der Waals surface area (Å²) in [5.41, 5.74) is 0. The Morgan fingerprint density at radius 1 is 1.09 bits per heavy atom. The van der Waals surface area contributed by atoms with E-state index < -0.39 is 0 Å². The maximum atomic E-state index is 6.48. The van der Waals surface area contributed by atoms with Gasteiger partial charge in [0, 0.05) is 4.87 Å². The van der Waals surface area contributed by atoms with Crippen LogP contribution in [0.1, 0.15) is 32.1 Å². The van der Waals surface area contributed by atoms with Crippen LogP contribution in [0.25, 0.3) is 0 Å². The zero-order valence-corrected chi connectivity index (χ0v) is 7.48. The molecule has 0 spiro atoms. The van der Waals surface area contributed by atoms with Crippen molar-refractivity contribution in [1.82, 2.24) is 0 Å². The molecule has 4 bridgehead atoms. The van der Waals surface area contributed by atoms with E-state index in [1.165, 1.54) is 32.1 Å². The number of rotatable bonds is 0. The Balaban J connectivity index is 1.94. The normalized spacial score (nSPS) is 60.3. The van der Waals surface area contributed by atoms with Crippen LogP contribution in [-0.4, -0.2) is 4.87 Å². The molecule has 0 aromatic rings. The van der Waals surface area contributed by atoms with Gasteiger partial charge in [-0.2, -0.15) is 0 Å². The molecule has 0 aromatic heterocycles. The Kier molecular flexibility index (Phi) is 1.21. The van der Waals surface area contributed by atoms with Gasteiger partial charge < -0.3 is 0 Å². The Labute approximate surface area is 73.3 Å². The predicted octanol–water partition coefficient (Wildman–Crippen LogP) is 3.01. The highest BCUT2D eigenvalue weighted by molar-refractivity contribution is 6.25. The van der Waals surface area contributed by atoms with Crippen molar-refractivity contribution < 1.29 is 0 Å². The van der Waals surface area contributed by atoms with Crippen LogP contribution in [0.2, 0.25) is 0 Å². The monoisotopic (exact) mass is 169 g/mol. The summed E-state index contributed by atoms with van der Waals surface area (Å²) in [6.45, 7) is 0. The van der Waals surface area contributed by atoms with Crippen molar-refractivity contribution in [2.24, 2.45) is 17.8 Å². The van der Waals surface area contributed by atoms with E-state index in [-0.39, 0.29) is 4.87 Å². The Bertz CT molecular complexity index is 150. The van der Waals surface area contributed by atoms with Gasteiger partial charge in [0.2, 0.25) is 0 Å². The highest BCUT2D eigenvalue weighted by atomic mass is 35.5. The van der Waals surface area contributed by atoms with Crippen LogP contribution in [0.4, 0.5) is 0 Å². The molecule has 0 aromatic carbocycles. The molecule has 11 heavy (non-hydrogen) atoms. The third-order valence-corrected chi connectivity index (χ3v) is 4.16. The first-order chi connectivity index (χ1) is 5.23. The molecule has 61 valence electrons. The lowest BCUT2D eigenvalue weighted by Crippen LogP contribution is -2.47. The summed E-state index contributed by atoms with van der Waals surface area (Å²) in [7, 11) is 0. The van der Waals surface area contributed by atoms with Gasteiger partial charge in [-0.15, -0.1) is 11.6 Å². The minimum Gasteiger partial charge on any atom is -0.119 e. The predicted molar refractivity (Wildman–Crippen MR) is 46.4 cm³/mol. The SMILES string of the molecule is ClC12[CH]C3CC(CC(C3)C1)C2. The van der Waals surface area contributed by atoms with Crippen molar-refractivity contribution >= 4 is 11.6 Å². The van der Waals surface area contributed by atoms with Gasteiger partial charge in [0.05, 0.1) is 0 Å². The Morgan fingerprint density at radius 2 is 1.73 bits per heavy atom. The van der Waals surface area contributed by atoms with Crippen molar-refractivity contribution in [3.63, 3.8) is 0 Å². The molecule has 0 N–H and O–H groups in total. The van der Waals surface area contributed by atoms with Crippen LogP contribution in [0.5, 0.6) is 0 Å². The summed E-state index contributed by atoms with van der Waals surface area (Å²) in [4.78, 5) is 0.148. The summed E-state index contributed by atoms with van der Waals surface area (Å²) in [5, 5.41) is 0. The molecule has 1 radical (unpaired) electrons. The van der Waals surface area contributed by atoms with Crippen molar-refractivity contribution in [3.8, 4) is 0 Å². The van der Waals surface area contributed by atoms with Crippen LogP contribution in [0.15, 0.2) is 0 Å². The molecule has 0 aliphatic heterocycles. The summed E-state index contributed by atoms with van der Waals surface area (Å²) in [6, 6.07) is 0. The first-order valence-corrected chi connectivity index (χ1v) is 5.16. The lowest BCUT2D eigenvalue weighted by atomic mass is 9.56. The van der Waals surface area contributed by atoms with Crippen molar-refractivity contribution in [2.75, 3.05) is 0 Å². The number of hydrogen-bond acceptors (Lipinski definition) is 0. The fourth-order valence-electron chi connectivity index (χ4n) is 3.69. The van der Waals surface area contributed by atoms with Gasteiger partial charge in [-0.1, -0.05) is 0 Å². The molecule has 1 heteroatoms. The minimum absolute atomic E-state index is 0.148. The van der Waals surface area contributed by atoms with Crippen molar-refractivity contribution in [1.29, 1.82) is 0 Å². The van der Waals surface area contributed by atoms with E-state index in [2.05, 4.69) is 6.42 Å². The third kappa shape index (κ3) is 0.950. The van der Waals surface area contributed by atoms with Gasteiger partial charge in [0.15, 0.2) is 0 Å². The van der Waals surface area contributed by atoms with Crippen molar-refractivity contribution in [3.05, 3.63) is 6.42 Å². The summed E-state index contributed by atoms with van der Waals surface area (Å²) in [5.74, 6) is 2.85. The topological polar surface area (TPSA) is 0 Å². The van der Waals surface area contributed by atoms with Crippen LogP contribution in [0.3, 0.4) is 0 Å². The quantitative estimate of drug-likeness (QED) is 0.489. The van der Waals surface area contributed by atoms with Gasteiger partial charge in [-0.25, -0.2) is 0 Å². The van der Waals surface area contributed by atoms with Crippen LogP contribution >= 0.6 is 11.6 Å². The van der Waals surface area contributed by atoms with E-state index in [0.29, 0.717) is 0 Å². The van der Waals surface area contributed by atoms with E-state index in [1.807, 2.05) is 0 Å². The average Bonchev–Trinajstić information content (AvgIpc) is 1.79. The maximum Gasteiger partial charge on any atom is 0.0486 e. The van der Waals surface area contributed by atoms with E-state index in [0.717, 1.165) is 17.8 Å². The molecule has 4 fully saturated rings. The van der Waals surface area contributed by atoms with E-state index in [4.69, 9.17) is 11.6 Å². The highest BCUT2D eigenvalue weighted by Gasteiger charge is 2.50. The fourth-order valence-corrected chi connectivity index (χ4v) is 4.30. The van der Waals surface area contributed by atoms with Crippen LogP contribution in [0, 0.1) is 24.2 Å².